The van der Waals surface area contributed by atoms with Gasteiger partial charge in [-0.1, -0.05) is 61.7 Å². The van der Waals surface area contributed by atoms with E-state index in [4.69, 9.17) is 0 Å². The Morgan fingerprint density at radius 3 is 2.29 bits per heavy atom. The highest BCUT2D eigenvalue weighted by atomic mass is 32.2. The fourth-order valence-electron chi connectivity index (χ4n) is 4.49. The van der Waals surface area contributed by atoms with Crippen molar-refractivity contribution in [1.29, 1.82) is 0 Å². The molecule has 0 radical (unpaired) electrons. The molecule has 0 bridgehead atoms. The maximum absolute atomic E-state index is 13.6. The molecule has 0 unspecified atom stereocenters. The Morgan fingerprint density at radius 1 is 1.06 bits per heavy atom. The largest absolute Gasteiger partial charge is 0.352 e. The van der Waals surface area contributed by atoms with Crippen LogP contribution in [0.4, 0.5) is 5.69 Å². The normalized spacial score (nSPS) is 15.0. The SMILES string of the molecule is CCc1ccc(N(CC(=O)N(Cc2cccc(C)c2)[C@H](C)C(=O)NC2CCCC2)S(C)(=O)=O)cc1. The Kier molecular flexibility index (Phi) is 8.94. The summed E-state index contributed by atoms with van der Waals surface area (Å²) in [6.07, 6.45) is 5.99. The quantitative estimate of drug-likeness (QED) is 0.539. The smallest absolute Gasteiger partial charge is 0.244 e. The van der Waals surface area contributed by atoms with Gasteiger partial charge in [0.05, 0.1) is 11.9 Å². The fourth-order valence-corrected chi connectivity index (χ4v) is 5.34. The van der Waals surface area contributed by atoms with Gasteiger partial charge in [-0.05, 0) is 56.4 Å². The van der Waals surface area contributed by atoms with Crippen molar-refractivity contribution in [2.24, 2.45) is 0 Å². The van der Waals surface area contributed by atoms with Crippen LogP contribution in [-0.4, -0.2) is 50.0 Å². The Labute approximate surface area is 209 Å². The summed E-state index contributed by atoms with van der Waals surface area (Å²) in [5, 5.41) is 3.07. The number of sulfonamides is 1. The van der Waals surface area contributed by atoms with Gasteiger partial charge in [0.2, 0.25) is 21.8 Å². The molecule has 2 aromatic carbocycles. The summed E-state index contributed by atoms with van der Waals surface area (Å²) in [6.45, 7) is 5.54. The standard InChI is InChI=1S/C27H37N3O4S/c1-5-22-13-15-25(16-14-22)30(35(4,33)34)19-26(31)29(18-23-10-8-9-20(2)17-23)21(3)27(32)28-24-11-6-7-12-24/h8-10,13-17,21,24H,5-7,11-12,18-19H2,1-4H3,(H,28,32)/t21-/m1/s1. The lowest BCUT2D eigenvalue weighted by Gasteiger charge is -2.32. The van der Waals surface area contributed by atoms with Gasteiger partial charge in [-0.3, -0.25) is 13.9 Å². The third kappa shape index (κ3) is 7.31. The van der Waals surface area contributed by atoms with Gasteiger partial charge in [-0.2, -0.15) is 0 Å². The van der Waals surface area contributed by atoms with E-state index in [0.29, 0.717) is 5.69 Å². The molecule has 8 heteroatoms. The van der Waals surface area contributed by atoms with Crippen molar-refractivity contribution in [2.75, 3.05) is 17.1 Å². The first-order valence-electron chi connectivity index (χ1n) is 12.3. The summed E-state index contributed by atoms with van der Waals surface area (Å²) in [4.78, 5) is 28.2. The zero-order valence-corrected chi connectivity index (χ0v) is 22.0. The molecule has 7 nitrogen and oxygen atoms in total. The second-order valence-electron chi connectivity index (χ2n) is 9.47. The average molecular weight is 500 g/mol. The van der Waals surface area contributed by atoms with Crippen LogP contribution in [0.2, 0.25) is 0 Å². The summed E-state index contributed by atoms with van der Waals surface area (Å²) >= 11 is 0. The van der Waals surface area contributed by atoms with Crippen molar-refractivity contribution in [3.8, 4) is 0 Å². The lowest BCUT2D eigenvalue weighted by molar-refractivity contribution is -0.139. The van der Waals surface area contributed by atoms with Crippen molar-refractivity contribution < 1.29 is 18.0 Å². The summed E-state index contributed by atoms with van der Waals surface area (Å²) < 4.78 is 26.4. The molecule has 0 aromatic heterocycles. The van der Waals surface area contributed by atoms with E-state index in [1.807, 2.05) is 50.2 Å². The number of nitrogens with one attached hydrogen (secondary N) is 1. The first kappa shape index (κ1) is 26.7. The molecule has 0 heterocycles. The highest BCUT2D eigenvalue weighted by Crippen LogP contribution is 2.21. The van der Waals surface area contributed by atoms with E-state index in [1.165, 1.54) is 4.90 Å². The van der Waals surface area contributed by atoms with Gasteiger partial charge < -0.3 is 10.2 Å². The number of hydrogen-bond donors (Lipinski definition) is 1. The van der Waals surface area contributed by atoms with Crippen LogP contribution in [0.25, 0.3) is 0 Å². The first-order valence-corrected chi connectivity index (χ1v) is 14.2. The van der Waals surface area contributed by atoms with Crippen molar-refractivity contribution in [2.45, 2.75) is 71.5 Å². The van der Waals surface area contributed by atoms with Gasteiger partial charge in [0.25, 0.3) is 0 Å². The van der Waals surface area contributed by atoms with Crippen LogP contribution in [0.3, 0.4) is 0 Å². The van der Waals surface area contributed by atoms with Crippen LogP contribution in [0.5, 0.6) is 0 Å². The molecule has 3 rings (SSSR count). The number of benzene rings is 2. The first-order chi connectivity index (χ1) is 16.6. The van der Waals surface area contributed by atoms with Crippen LogP contribution in [0.1, 0.15) is 56.2 Å². The van der Waals surface area contributed by atoms with Crippen LogP contribution < -0.4 is 9.62 Å². The van der Waals surface area contributed by atoms with E-state index in [1.54, 1.807) is 19.1 Å². The zero-order valence-electron chi connectivity index (χ0n) is 21.2. The molecular weight excluding hydrogens is 462 g/mol. The topological polar surface area (TPSA) is 86.8 Å². The number of nitrogens with zero attached hydrogens (tertiary/aromatic N) is 2. The maximum atomic E-state index is 13.6. The molecule has 1 saturated carbocycles. The third-order valence-corrected chi connectivity index (χ3v) is 7.76. The minimum Gasteiger partial charge on any atom is -0.352 e. The molecule has 35 heavy (non-hydrogen) atoms. The Morgan fingerprint density at radius 2 is 1.71 bits per heavy atom. The number of carbonyl (C=O) groups is 2. The highest BCUT2D eigenvalue weighted by Gasteiger charge is 2.31. The van der Waals surface area contributed by atoms with Gasteiger partial charge in [0.1, 0.15) is 12.6 Å². The predicted molar refractivity (Wildman–Crippen MR) is 140 cm³/mol. The van der Waals surface area contributed by atoms with E-state index in [-0.39, 0.29) is 25.0 Å². The monoisotopic (exact) mass is 499 g/mol. The summed E-state index contributed by atoms with van der Waals surface area (Å²) in [5.41, 5.74) is 3.44. The minimum atomic E-state index is -3.73. The summed E-state index contributed by atoms with van der Waals surface area (Å²) in [6, 6.07) is 14.3. The van der Waals surface area contributed by atoms with Gasteiger partial charge in [0, 0.05) is 12.6 Å². The van der Waals surface area contributed by atoms with E-state index in [0.717, 1.165) is 59.4 Å². The molecular formula is C27H37N3O4S. The third-order valence-electron chi connectivity index (χ3n) is 6.62. The molecule has 1 aliphatic carbocycles. The van der Waals surface area contributed by atoms with E-state index >= 15 is 0 Å². The fraction of sp³-hybridized carbons (Fsp3) is 0.481. The molecule has 190 valence electrons. The Balaban J connectivity index is 1.87. The molecule has 1 aliphatic rings. The van der Waals surface area contributed by atoms with E-state index < -0.39 is 22.0 Å². The van der Waals surface area contributed by atoms with Crippen molar-refractivity contribution in [1.82, 2.24) is 10.2 Å². The molecule has 0 aliphatic heterocycles. The second kappa shape index (κ2) is 11.7. The van der Waals surface area contributed by atoms with E-state index in [2.05, 4.69) is 5.32 Å². The molecule has 0 saturated heterocycles. The van der Waals surface area contributed by atoms with Gasteiger partial charge >= 0.3 is 0 Å². The van der Waals surface area contributed by atoms with Crippen LogP contribution in [0.15, 0.2) is 48.5 Å². The molecule has 1 atom stereocenters. The minimum absolute atomic E-state index is 0.130. The van der Waals surface area contributed by atoms with Crippen molar-refractivity contribution in [3.63, 3.8) is 0 Å². The molecule has 2 aromatic rings. The summed E-state index contributed by atoms with van der Waals surface area (Å²) in [5.74, 6) is -0.637. The maximum Gasteiger partial charge on any atom is 0.244 e. The van der Waals surface area contributed by atoms with Crippen molar-refractivity contribution >= 4 is 27.5 Å². The number of amides is 2. The van der Waals surface area contributed by atoms with Gasteiger partial charge in [-0.15, -0.1) is 0 Å². The van der Waals surface area contributed by atoms with Gasteiger partial charge in [-0.25, -0.2) is 8.42 Å². The average Bonchev–Trinajstić information content (AvgIpc) is 3.33. The van der Waals surface area contributed by atoms with Gasteiger partial charge in [0.15, 0.2) is 0 Å². The molecule has 2 amide bonds. The second-order valence-corrected chi connectivity index (χ2v) is 11.4. The van der Waals surface area contributed by atoms with Crippen LogP contribution in [-0.2, 0) is 32.6 Å². The lowest BCUT2D eigenvalue weighted by Crippen LogP contribution is -2.52. The molecule has 1 fully saturated rings. The van der Waals surface area contributed by atoms with Crippen LogP contribution in [0, 0.1) is 6.92 Å². The highest BCUT2D eigenvalue weighted by molar-refractivity contribution is 7.92. The Bertz CT molecular complexity index is 1130. The predicted octanol–water partition coefficient (Wildman–Crippen LogP) is 3.80. The van der Waals surface area contributed by atoms with E-state index in [9.17, 15) is 18.0 Å². The zero-order chi connectivity index (χ0) is 25.6. The van der Waals surface area contributed by atoms with Crippen LogP contribution >= 0.6 is 0 Å². The Hall–Kier alpha value is -2.87. The lowest BCUT2D eigenvalue weighted by atomic mass is 10.1. The van der Waals surface area contributed by atoms with Crippen molar-refractivity contribution in [3.05, 3.63) is 65.2 Å². The number of aryl methyl sites for hydroxylation is 2. The summed E-state index contributed by atoms with van der Waals surface area (Å²) in [7, 11) is -3.73. The molecule has 0 spiro atoms. The number of hydrogen-bond acceptors (Lipinski definition) is 4. The number of anilines is 1. The number of carbonyl (C=O) groups excluding carboxylic acids is 2. The number of rotatable bonds is 10. The molecule has 1 N–H and O–H groups in total.